The monoisotopic (exact) mass is 364 g/mol. The standard InChI is InChI=1S/C21H21FN4O/c22-16-4-5-18-15(14-16)6-12-25(18)17-7-10-24(11-8-17)21(27)19-2-1-3-20-23-9-13-26(19)20/h1-5,9,13-14,17H,6-8,10-12H2. The number of piperidine rings is 1. The first-order valence-corrected chi connectivity index (χ1v) is 9.47. The highest BCUT2D eigenvalue weighted by Crippen LogP contribution is 2.33. The number of pyridine rings is 1. The van der Waals surface area contributed by atoms with Crippen LogP contribution in [0, 0.1) is 5.82 Å². The molecule has 0 saturated carbocycles. The Bertz CT molecular complexity index is 1010. The quantitative estimate of drug-likeness (QED) is 0.701. The maximum Gasteiger partial charge on any atom is 0.270 e. The van der Waals surface area contributed by atoms with Gasteiger partial charge in [-0.15, -0.1) is 0 Å². The number of rotatable bonds is 2. The second-order valence-corrected chi connectivity index (χ2v) is 7.31. The molecule has 2 aliphatic heterocycles. The Morgan fingerprint density at radius 3 is 2.81 bits per heavy atom. The third kappa shape index (κ3) is 2.76. The highest BCUT2D eigenvalue weighted by atomic mass is 19.1. The number of imidazole rings is 1. The number of hydrogen-bond acceptors (Lipinski definition) is 3. The molecule has 1 saturated heterocycles. The van der Waals surface area contributed by atoms with Crippen LogP contribution in [0.15, 0.2) is 48.8 Å². The molecular weight excluding hydrogens is 343 g/mol. The zero-order valence-electron chi connectivity index (χ0n) is 15.0. The summed E-state index contributed by atoms with van der Waals surface area (Å²) in [7, 11) is 0. The smallest absolute Gasteiger partial charge is 0.270 e. The summed E-state index contributed by atoms with van der Waals surface area (Å²) in [5.41, 5.74) is 3.70. The van der Waals surface area contributed by atoms with Crippen LogP contribution in [-0.2, 0) is 6.42 Å². The predicted octanol–water partition coefficient (Wildman–Crippen LogP) is 3.14. The van der Waals surface area contributed by atoms with E-state index in [1.54, 1.807) is 18.3 Å². The number of likely N-dealkylation sites (tertiary alicyclic amines) is 1. The van der Waals surface area contributed by atoms with Crippen LogP contribution in [-0.4, -0.2) is 45.9 Å². The molecule has 6 heteroatoms. The molecule has 2 aliphatic rings. The van der Waals surface area contributed by atoms with Crippen LogP contribution in [0.4, 0.5) is 10.1 Å². The molecule has 0 bridgehead atoms. The minimum atomic E-state index is -0.162. The van der Waals surface area contributed by atoms with E-state index in [1.807, 2.05) is 39.8 Å². The van der Waals surface area contributed by atoms with E-state index in [4.69, 9.17) is 0 Å². The van der Waals surface area contributed by atoms with Crippen LogP contribution in [0.1, 0.15) is 28.9 Å². The van der Waals surface area contributed by atoms with Gasteiger partial charge in [0.25, 0.3) is 5.91 Å². The van der Waals surface area contributed by atoms with Crippen molar-refractivity contribution in [3.63, 3.8) is 0 Å². The van der Waals surface area contributed by atoms with Gasteiger partial charge in [-0.3, -0.25) is 9.20 Å². The Morgan fingerprint density at radius 2 is 1.96 bits per heavy atom. The average Bonchev–Trinajstić information content (AvgIpc) is 3.34. The summed E-state index contributed by atoms with van der Waals surface area (Å²) >= 11 is 0. The van der Waals surface area contributed by atoms with Crippen molar-refractivity contribution < 1.29 is 9.18 Å². The van der Waals surface area contributed by atoms with Crippen molar-refractivity contribution in [2.75, 3.05) is 24.5 Å². The van der Waals surface area contributed by atoms with E-state index in [9.17, 15) is 9.18 Å². The van der Waals surface area contributed by atoms with E-state index < -0.39 is 0 Å². The van der Waals surface area contributed by atoms with Crippen LogP contribution in [0.5, 0.6) is 0 Å². The third-order valence-corrected chi connectivity index (χ3v) is 5.81. The van der Waals surface area contributed by atoms with Crippen LogP contribution in [0.25, 0.3) is 5.65 Å². The molecule has 0 unspecified atom stereocenters. The van der Waals surface area contributed by atoms with Crippen molar-refractivity contribution in [3.8, 4) is 0 Å². The van der Waals surface area contributed by atoms with Crippen molar-refractivity contribution in [1.29, 1.82) is 0 Å². The molecule has 0 spiro atoms. The fourth-order valence-corrected chi connectivity index (χ4v) is 4.44. The van der Waals surface area contributed by atoms with Gasteiger partial charge in [0, 0.05) is 43.8 Å². The zero-order chi connectivity index (χ0) is 18.4. The maximum atomic E-state index is 13.5. The lowest BCUT2D eigenvalue weighted by atomic mass is 10.0. The highest BCUT2D eigenvalue weighted by molar-refractivity contribution is 5.93. The maximum absolute atomic E-state index is 13.5. The topological polar surface area (TPSA) is 40.9 Å². The molecule has 3 aromatic rings. The summed E-state index contributed by atoms with van der Waals surface area (Å²) in [6, 6.07) is 11.1. The van der Waals surface area contributed by atoms with Crippen LogP contribution < -0.4 is 4.90 Å². The first-order chi connectivity index (χ1) is 13.2. The largest absolute Gasteiger partial charge is 0.368 e. The van der Waals surface area contributed by atoms with Gasteiger partial charge in [0.2, 0.25) is 0 Å². The molecule has 0 radical (unpaired) electrons. The summed E-state index contributed by atoms with van der Waals surface area (Å²) in [5.74, 6) is -0.106. The number of aromatic nitrogens is 2. The summed E-state index contributed by atoms with van der Waals surface area (Å²) in [4.78, 5) is 21.6. The number of benzene rings is 1. The van der Waals surface area contributed by atoms with Gasteiger partial charge in [0.1, 0.15) is 17.2 Å². The molecule has 4 heterocycles. The van der Waals surface area contributed by atoms with Gasteiger partial charge in [-0.25, -0.2) is 9.37 Å². The van der Waals surface area contributed by atoms with Crippen molar-refractivity contribution >= 4 is 17.2 Å². The molecule has 5 nitrogen and oxygen atoms in total. The van der Waals surface area contributed by atoms with Crippen molar-refractivity contribution in [2.24, 2.45) is 0 Å². The van der Waals surface area contributed by atoms with Crippen LogP contribution in [0.2, 0.25) is 0 Å². The van der Waals surface area contributed by atoms with E-state index in [2.05, 4.69) is 9.88 Å². The van der Waals surface area contributed by atoms with Crippen molar-refractivity contribution in [1.82, 2.24) is 14.3 Å². The molecule has 0 aliphatic carbocycles. The molecule has 2 aromatic heterocycles. The summed E-state index contributed by atoms with van der Waals surface area (Å²) < 4.78 is 15.3. The van der Waals surface area contributed by atoms with E-state index in [1.165, 1.54) is 0 Å². The fourth-order valence-electron chi connectivity index (χ4n) is 4.44. The van der Waals surface area contributed by atoms with Gasteiger partial charge in [-0.05, 0) is 55.2 Å². The van der Waals surface area contributed by atoms with Gasteiger partial charge in [-0.1, -0.05) is 6.07 Å². The number of hydrogen-bond donors (Lipinski definition) is 0. The number of halogens is 1. The lowest BCUT2D eigenvalue weighted by Crippen LogP contribution is -2.46. The highest BCUT2D eigenvalue weighted by Gasteiger charge is 2.31. The molecule has 0 atom stereocenters. The van der Waals surface area contributed by atoms with Gasteiger partial charge in [0.15, 0.2) is 0 Å². The number of carbonyl (C=O) groups excluding carboxylic acids is 1. The molecule has 0 N–H and O–H groups in total. The first kappa shape index (κ1) is 16.3. The summed E-state index contributed by atoms with van der Waals surface area (Å²) in [5, 5.41) is 0. The van der Waals surface area contributed by atoms with Crippen LogP contribution >= 0.6 is 0 Å². The van der Waals surface area contributed by atoms with Gasteiger partial charge in [-0.2, -0.15) is 0 Å². The normalized spacial score (nSPS) is 17.5. The van der Waals surface area contributed by atoms with Crippen LogP contribution in [0.3, 0.4) is 0 Å². The number of amides is 1. The third-order valence-electron chi connectivity index (χ3n) is 5.81. The van der Waals surface area contributed by atoms with Crippen molar-refractivity contribution in [2.45, 2.75) is 25.3 Å². The zero-order valence-corrected chi connectivity index (χ0v) is 15.0. The summed E-state index contributed by atoms with van der Waals surface area (Å²) in [6.07, 6.45) is 6.31. The number of nitrogens with zero attached hydrogens (tertiary/aromatic N) is 4. The molecule has 1 aromatic carbocycles. The predicted molar refractivity (Wildman–Crippen MR) is 102 cm³/mol. The molecule has 5 rings (SSSR count). The average molecular weight is 364 g/mol. The minimum Gasteiger partial charge on any atom is -0.368 e. The number of anilines is 1. The van der Waals surface area contributed by atoms with Gasteiger partial charge >= 0.3 is 0 Å². The second-order valence-electron chi connectivity index (χ2n) is 7.31. The number of carbonyl (C=O) groups is 1. The Hall–Kier alpha value is -2.89. The first-order valence-electron chi connectivity index (χ1n) is 9.47. The lowest BCUT2D eigenvalue weighted by Gasteiger charge is -2.38. The molecule has 138 valence electrons. The molecule has 27 heavy (non-hydrogen) atoms. The molecule has 1 amide bonds. The van der Waals surface area contributed by atoms with E-state index in [0.29, 0.717) is 11.7 Å². The fraction of sp³-hybridized carbons (Fsp3) is 0.333. The van der Waals surface area contributed by atoms with Gasteiger partial charge < -0.3 is 9.80 Å². The Morgan fingerprint density at radius 1 is 1.11 bits per heavy atom. The minimum absolute atomic E-state index is 0.0564. The van der Waals surface area contributed by atoms with E-state index >= 15 is 0 Å². The SMILES string of the molecule is O=C(c1cccc2nccn12)N1CCC(N2CCc3cc(F)ccc32)CC1. The van der Waals surface area contributed by atoms with Crippen molar-refractivity contribution in [3.05, 3.63) is 65.9 Å². The Labute approximate surface area is 157 Å². The Balaban J connectivity index is 1.30. The van der Waals surface area contributed by atoms with Gasteiger partial charge in [0.05, 0.1) is 0 Å². The van der Waals surface area contributed by atoms with E-state index in [0.717, 1.165) is 55.8 Å². The van der Waals surface area contributed by atoms with E-state index in [-0.39, 0.29) is 11.7 Å². The summed E-state index contributed by atoms with van der Waals surface area (Å²) in [6.45, 7) is 2.41. The Kier molecular flexibility index (Phi) is 3.85. The molecular formula is C21H21FN4O. The number of fused-ring (bicyclic) bond motifs is 2. The lowest BCUT2D eigenvalue weighted by molar-refractivity contribution is 0.0705. The molecule has 1 fully saturated rings. The second kappa shape index (κ2) is 6.37.